The minimum Gasteiger partial charge on any atom is -0.351 e. The van der Waals surface area contributed by atoms with Crippen molar-refractivity contribution in [2.75, 3.05) is 0 Å². The number of nitrogens with one attached hydrogen (secondary N) is 1. The second-order valence-electron chi connectivity index (χ2n) is 4.68. The minimum absolute atomic E-state index is 0.400. The molecule has 0 saturated heterocycles. The lowest BCUT2D eigenvalue weighted by Crippen LogP contribution is -2.39. The number of amides is 3. The molecule has 0 radical (unpaired) electrons. The number of carbonyl (C=O) groups excluding carboxylic acids is 2. The summed E-state index contributed by atoms with van der Waals surface area (Å²) < 4.78 is 2.12. The highest BCUT2D eigenvalue weighted by Crippen LogP contribution is 2.25. The maximum atomic E-state index is 11.7. The molecule has 0 saturated carbocycles. The van der Waals surface area contributed by atoms with Gasteiger partial charge in [0.2, 0.25) is 5.91 Å². The van der Waals surface area contributed by atoms with Crippen molar-refractivity contribution in [3.8, 4) is 0 Å². The third kappa shape index (κ3) is 4.26. The average molecular weight is 298 g/mol. The van der Waals surface area contributed by atoms with Gasteiger partial charge in [0, 0.05) is 12.2 Å². The fourth-order valence-corrected chi connectivity index (χ4v) is 2.76. The van der Waals surface area contributed by atoms with Crippen molar-refractivity contribution in [3.05, 3.63) is 11.4 Å². The van der Waals surface area contributed by atoms with Crippen molar-refractivity contribution in [3.63, 3.8) is 0 Å². The number of nitrogens with zero attached hydrogens (tertiary/aromatic N) is 2. The van der Waals surface area contributed by atoms with Crippen LogP contribution in [0, 0.1) is 13.8 Å². The molecule has 3 amide bonds. The van der Waals surface area contributed by atoms with Gasteiger partial charge in [-0.15, -0.1) is 0 Å². The van der Waals surface area contributed by atoms with E-state index in [1.165, 1.54) is 11.8 Å². The van der Waals surface area contributed by atoms with E-state index in [1.807, 2.05) is 13.8 Å². The summed E-state index contributed by atoms with van der Waals surface area (Å²) in [5.41, 5.74) is 7.03. The molecule has 1 aromatic heterocycles. The summed E-state index contributed by atoms with van der Waals surface area (Å²) in [4.78, 5) is 26.9. The first-order valence-electron chi connectivity index (χ1n) is 6.67. The fourth-order valence-electron chi connectivity index (χ4n) is 1.73. The zero-order chi connectivity index (χ0) is 15.3. The molecule has 0 aliphatic heterocycles. The lowest BCUT2D eigenvalue weighted by molar-refractivity contribution is -0.119. The number of aryl methyl sites for hydroxylation is 1. The predicted molar refractivity (Wildman–Crippen MR) is 79.7 cm³/mol. The molecule has 0 spiro atoms. The quantitative estimate of drug-likeness (QED) is 0.786. The Morgan fingerprint density at radius 2 is 2.10 bits per heavy atom. The smallest absolute Gasteiger partial charge is 0.318 e. The second kappa shape index (κ2) is 7.33. The minimum atomic E-state index is -0.830. The maximum absolute atomic E-state index is 11.7. The summed E-state index contributed by atoms with van der Waals surface area (Å²) in [6.45, 7) is 8.73. The second-order valence-corrected chi connectivity index (χ2v) is 5.99. The molecule has 1 rings (SSSR count). The Bertz CT molecular complexity index is 499. The highest BCUT2D eigenvalue weighted by molar-refractivity contribution is 8.00. The van der Waals surface area contributed by atoms with E-state index in [1.54, 1.807) is 6.92 Å². The monoisotopic (exact) mass is 298 g/mol. The first kappa shape index (κ1) is 16.6. The van der Waals surface area contributed by atoms with Gasteiger partial charge in [0.25, 0.3) is 0 Å². The van der Waals surface area contributed by atoms with Gasteiger partial charge in [0.05, 0.1) is 10.9 Å². The van der Waals surface area contributed by atoms with Crippen molar-refractivity contribution in [1.29, 1.82) is 0 Å². The molecule has 6 nitrogen and oxygen atoms in total. The zero-order valence-electron chi connectivity index (χ0n) is 12.4. The Labute approximate surface area is 123 Å². The van der Waals surface area contributed by atoms with Crippen LogP contribution in [0.4, 0.5) is 4.79 Å². The Morgan fingerprint density at radius 1 is 1.45 bits per heavy atom. The van der Waals surface area contributed by atoms with Crippen LogP contribution >= 0.6 is 11.8 Å². The van der Waals surface area contributed by atoms with Crippen LogP contribution in [0.5, 0.6) is 0 Å². The Kier molecular flexibility index (Phi) is 6.06. The number of rotatable bonds is 6. The topological polar surface area (TPSA) is 90.0 Å². The van der Waals surface area contributed by atoms with Gasteiger partial charge in [0.1, 0.15) is 0 Å². The molecule has 0 fully saturated rings. The van der Waals surface area contributed by atoms with Gasteiger partial charge in [-0.1, -0.05) is 25.1 Å². The molecule has 1 aromatic rings. The van der Waals surface area contributed by atoms with E-state index in [-0.39, 0.29) is 0 Å². The number of carbonyl (C=O) groups is 2. The number of hydrogen-bond acceptors (Lipinski definition) is 4. The molecule has 0 aliphatic rings. The van der Waals surface area contributed by atoms with E-state index in [0.29, 0.717) is 0 Å². The van der Waals surface area contributed by atoms with E-state index in [2.05, 4.69) is 21.8 Å². The zero-order valence-corrected chi connectivity index (χ0v) is 13.2. The number of primary amides is 1. The number of nitrogens with two attached hydrogens (primary N) is 1. The molecule has 3 N–H and O–H groups in total. The van der Waals surface area contributed by atoms with Crippen LogP contribution in [0.2, 0.25) is 0 Å². The maximum Gasteiger partial charge on any atom is 0.318 e. The largest absolute Gasteiger partial charge is 0.351 e. The van der Waals surface area contributed by atoms with Crippen molar-refractivity contribution >= 4 is 23.7 Å². The number of unbranched alkanes of at least 4 members (excludes halogenated alkanes) is 1. The highest BCUT2D eigenvalue weighted by Gasteiger charge is 2.20. The first-order chi connectivity index (χ1) is 9.36. The molecule has 1 heterocycles. The Morgan fingerprint density at radius 3 is 2.65 bits per heavy atom. The molecule has 0 aliphatic carbocycles. The number of hydrogen-bond donors (Lipinski definition) is 2. The van der Waals surface area contributed by atoms with E-state index in [4.69, 9.17) is 5.73 Å². The van der Waals surface area contributed by atoms with E-state index in [0.717, 1.165) is 35.9 Å². The summed E-state index contributed by atoms with van der Waals surface area (Å²) in [6, 6.07) is -0.830. The molecule has 20 heavy (non-hydrogen) atoms. The molecule has 0 unspecified atom stereocenters. The number of urea groups is 1. The van der Waals surface area contributed by atoms with E-state index >= 15 is 0 Å². The molecule has 7 heteroatoms. The van der Waals surface area contributed by atoms with Gasteiger partial charge in [-0.2, -0.15) is 0 Å². The van der Waals surface area contributed by atoms with Crippen molar-refractivity contribution < 1.29 is 9.59 Å². The van der Waals surface area contributed by atoms with Crippen LogP contribution in [-0.4, -0.2) is 26.7 Å². The summed E-state index contributed by atoms with van der Waals surface area (Å²) in [7, 11) is 0. The van der Waals surface area contributed by atoms with Gasteiger partial charge in [-0.05, 0) is 27.2 Å². The molecule has 1 atom stereocenters. The molecular weight excluding hydrogens is 276 g/mol. The number of imide groups is 1. The number of thioether (sulfide) groups is 1. The van der Waals surface area contributed by atoms with Crippen molar-refractivity contribution in [1.82, 2.24) is 14.9 Å². The predicted octanol–water partition coefficient (Wildman–Crippen LogP) is 1.98. The molecule has 0 bridgehead atoms. The normalized spacial score (nSPS) is 12.2. The summed E-state index contributed by atoms with van der Waals surface area (Å²) in [6.07, 6.45) is 2.16. The van der Waals surface area contributed by atoms with Gasteiger partial charge in [-0.3, -0.25) is 10.1 Å². The summed E-state index contributed by atoms with van der Waals surface area (Å²) >= 11 is 1.34. The fraction of sp³-hybridized carbons (Fsp3) is 0.615. The summed E-state index contributed by atoms with van der Waals surface area (Å²) in [5.74, 6) is -0.400. The van der Waals surface area contributed by atoms with Crippen LogP contribution < -0.4 is 11.1 Å². The van der Waals surface area contributed by atoms with Gasteiger partial charge in [0.15, 0.2) is 5.16 Å². The number of imidazole rings is 1. The van der Waals surface area contributed by atoms with Crippen molar-refractivity contribution in [2.24, 2.45) is 5.73 Å². The van der Waals surface area contributed by atoms with Crippen LogP contribution in [0.15, 0.2) is 5.16 Å². The summed E-state index contributed by atoms with van der Waals surface area (Å²) in [5, 5.41) is 2.47. The molecular formula is C13H22N4O2S. The molecule has 112 valence electrons. The highest BCUT2D eigenvalue weighted by atomic mass is 32.2. The van der Waals surface area contributed by atoms with E-state index < -0.39 is 17.2 Å². The van der Waals surface area contributed by atoms with Crippen LogP contribution in [0.3, 0.4) is 0 Å². The lowest BCUT2D eigenvalue weighted by Gasteiger charge is -2.12. The third-order valence-electron chi connectivity index (χ3n) is 3.06. The lowest BCUT2D eigenvalue weighted by atomic mass is 10.3. The van der Waals surface area contributed by atoms with Crippen LogP contribution in [0.1, 0.15) is 38.1 Å². The van der Waals surface area contributed by atoms with Gasteiger partial charge in [-0.25, -0.2) is 9.78 Å². The average Bonchev–Trinajstić information content (AvgIpc) is 2.62. The van der Waals surface area contributed by atoms with Crippen molar-refractivity contribution in [2.45, 2.75) is 57.5 Å². The number of aromatic nitrogens is 2. The third-order valence-corrected chi connectivity index (χ3v) is 4.15. The first-order valence-corrected chi connectivity index (χ1v) is 7.55. The van der Waals surface area contributed by atoms with Crippen LogP contribution in [-0.2, 0) is 11.3 Å². The van der Waals surface area contributed by atoms with Crippen LogP contribution in [0.25, 0.3) is 0 Å². The molecule has 0 aromatic carbocycles. The Hall–Kier alpha value is -1.50. The Balaban J connectivity index is 2.83. The van der Waals surface area contributed by atoms with Gasteiger partial charge >= 0.3 is 6.03 Å². The van der Waals surface area contributed by atoms with E-state index in [9.17, 15) is 9.59 Å². The standard InChI is InChI=1S/C13H22N4O2S/c1-5-6-7-17-9(3)8(2)15-13(17)20-10(4)11(18)16-12(14)19/h10H,5-7H2,1-4H3,(H3,14,16,18,19)/t10-/m0/s1. The SMILES string of the molecule is CCCCn1c(S[C@@H](C)C(=O)NC(N)=O)nc(C)c1C. The van der Waals surface area contributed by atoms with Gasteiger partial charge < -0.3 is 10.3 Å².